The molecule has 3 aromatic rings. The predicted octanol–water partition coefficient (Wildman–Crippen LogP) is 3.51. The quantitative estimate of drug-likeness (QED) is 0.617. The lowest BCUT2D eigenvalue weighted by atomic mass is 10.2. The van der Waals surface area contributed by atoms with Crippen LogP contribution in [0.2, 0.25) is 5.02 Å². The van der Waals surface area contributed by atoms with E-state index in [-0.39, 0.29) is 5.02 Å². The van der Waals surface area contributed by atoms with Crippen molar-refractivity contribution in [2.24, 2.45) is 0 Å². The van der Waals surface area contributed by atoms with E-state index in [1.165, 1.54) is 0 Å². The Morgan fingerprint density at radius 1 is 1.27 bits per heavy atom. The Morgan fingerprint density at radius 2 is 2.13 bits per heavy atom. The van der Waals surface area contributed by atoms with Crippen molar-refractivity contribution in [1.82, 2.24) is 9.97 Å². The molecule has 0 atom stereocenters. The smallest absolute Gasteiger partial charge is 0.165 e. The Hall–Kier alpha value is -1.61. The molecule has 4 heteroatoms. The lowest BCUT2D eigenvalue weighted by Gasteiger charge is -1.94. The van der Waals surface area contributed by atoms with Gasteiger partial charge in [-0.25, -0.2) is 4.39 Å². The summed E-state index contributed by atoms with van der Waals surface area (Å²) in [5.41, 5.74) is 1.99. The van der Waals surface area contributed by atoms with E-state index in [9.17, 15) is 4.39 Å². The minimum atomic E-state index is -0.424. The number of pyridine rings is 1. The highest BCUT2D eigenvalue weighted by Gasteiger charge is 2.11. The second-order valence-corrected chi connectivity index (χ2v) is 3.72. The third-order valence-corrected chi connectivity index (χ3v) is 2.71. The van der Waals surface area contributed by atoms with Crippen LogP contribution in [0.4, 0.5) is 4.39 Å². The second-order valence-electron chi connectivity index (χ2n) is 3.31. The molecule has 74 valence electrons. The minimum Gasteiger partial charge on any atom is -0.351 e. The number of rotatable bonds is 0. The first-order chi connectivity index (χ1) is 7.27. The average Bonchev–Trinajstić information content (AvgIpc) is 2.63. The topological polar surface area (TPSA) is 28.7 Å². The Labute approximate surface area is 89.7 Å². The summed E-state index contributed by atoms with van der Waals surface area (Å²) in [4.78, 5) is 7.16. The summed E-state index contributed by atoms with van der Waals surface area (Å²) < 4.78 is 13.6. The Kier molecular flexibility index (Phi) is 1.70. The van der Waals surface area contributed by atoms with E-state index < -0.39 is 5.82 Å². The summed E-state index contributed by atoms with van der Waals surface area (Å²) in [6.45, 7) is 0. The van der Waals surface area contributed by atoms with Crippen LogP contribution < -0.4 is 0 Å². The standard InChI is InChI=1S/C11H6ClFN2/c12-7-4-3-6-10-8(2-1-5-14-10)15-11(6)9(7)13/h1-5,15H. The van der Waals surface area contributed by atoms with Crippen LogP contribution in [0.3, 0.4) is 0 Å². The monoisotopic (exact) mass is 220 g/mol. The summed E-state index contributed by atoms with van der Waals surface area (Å²) in [5, 5.41) is 0.876. The van der Waals surface area contributed by atoms with Gasteiger partial charge in [0.2, 0.25) is 0 Å². The highest BCUT2D eigenvalue weighted by Crippen LogP contribution is 2.28. The van der Waals surface area contributed by atoms with Crippen LogP contribution in [0.15, 0.2) is 30.5 Å². The van der Waals surface area contributed by atoms with Gasteiger partial charge < -0.3 is 4.98 Å². The van der Waals surface area contributed by atoms with Crippen LogP contribution >= 0.6 is 11.6 Å². The fraction of sp³-hybridized carbons (Fsp3) is 0. The molecule has 0 bridgehead atoms. The molecular formula is C11H6ClFN2. The van der Waals surface area contributed by atoms with E-state index in [0.29, 0.717) is 5.52 Å². The number of H-pyrrole nitrogens is 1. The maximum atomic E-state index is 13.6. The van der Waals surface area contributed by atoms with Crippen LogP contribution in [0, 0.1) is 5.82 Å². The van der Waals surface area contributed by atoms with Crippen molar-refractivity contribution >= 4 is 33.5 Å². The van der Waals surface area contributed by atoms with Crippen molar-refractivity contribution in [3.8, 4) is 0 Å². The molecule has 0 amide bonds. The Bertz CT molecular complexity index is 660. The molecule has 3 rings (SSSR count). The van der Waals surface area contributed by atoms with Crippen molar-refractivity contribution in [2.45, 2.75) is 0 Å². The summed E-state index contributed by atoms with van der Waals surface area (Å²) in [6.07, 6.45) is 1.68. The minimum absolute atomic E-state index is 0.119. The number of aromatic amines is 1. The zero-order chi connectivity index (χ0) is 10.4. The first-order valence-corrected chi connectivity index (χ1v) is 4.85. The number of hydrogen-bond donors (Lipinski definition) is 1. The van der Waals surface area contributed by atoms with Crippen molar-refractivity contribution in [3.05, 3.63) is 41.3 Å². The van der Waals surface area contributed by atoms with Crippen LogP contribution in [0.1, 0.15) is 0 Å². The summed E-state index contributed by atoms with van der Waals surface area (Å²) in [6, 6.07) is 6.97. The Morgan fingerprint density at radius 3 is 3.00 bits per heavy atom. The van der Waals surface area contributed by atoms with Gasteiger partial charge >= 0.3 is 0 Å². The molecule has 0 aliphatic rings. The van der Waals surface area contributed by atoms with E-state index in [1.807, 2.05) is 6.07 Å². The van der Waals surface area contributed by atoms with Gasteiger partial charge in [-0.15, -0.1) is 0 Å². The number of nitrogens with one attached hydrogen (secondary N) is 1. The summed E-state index contributed by atoms with van der Waals surface area (Å²) >= 11 is 5.70. The molecule has 2 aromatic heterocycles. The van der Waals surface area contributed by atoms with Crippen LogP contribution in [-0.2, 0) is 0 Å². The largest absolute Gasteiger partial charge is 0.351 e. The van der Waals surface area contributed by atoms with Gasteiger partial charge in [-0.3, -0.25) is 4.98 Å². The maximum absolute atomic E-state index is 13.6. The molecule has 2 nitrogen and oxygen atoms in total. The molecule has 0 saturated heterocycles. The molecule has 1 aromatic carbocycles. The number of fused-ring (bicyclic) bond motifs is 3. The van der Waals surface area contributed by atoms with E-state index in [1.54, 1.807) is 24.4 Å². The highest BCUT2D eigenvalue weighted by atomic mass is 35.5. The summed E-state index contributed by atoms with van der Waals surface area (Å²) in [5.74, 6) is -0.424. The third kappa shape index (κ3) is 1.13. The molecule has 2 heterocycles. The first-order valence-electron chi connectivity index (χ1n) is 4.48. The van der Waals surface area contributed by atoms with Gasteiger partial charge in [0.25, 0.3) is 0 Å². The number of halogens is 2. The van der Waals surface area contributed by atoms with Crippen molar-refractivity contribution < 1.29 is 4.39 Å². The van der Waals surface area contributed by atoms with Crippen LogP contribution in [0.5, 0.6) is 0 Å². The fourth-order valence-electron chi connectivity index (χ4n) is 1.73. The zero-order valence-corrected chi connectivity index (χ0v) is 8.35. The van der Waals surface area contributed by atoms with Crippen LogP contribution in [-0.4, -0.2) is 9.97 Å². The fourth-order valence-corrected chi connectivity index (χ4v) is 1.88. The van der Waals surface area contributed by atoms with Gasteiger partial charge in [-0.2, -0.15) is 0 Å². The number of aromatic nitrogens is 2. The van der Waals surface area contributed by atoms with E-state index in [4.69, 9.17) is 11.6 Å². The number of nitrogens with zero attached hydrogens (tertiary/aromatic N) is 1. The molecular weight excluding hydrogens is 215 g/mol. The lowest BCUT2D eigenvalue weighted by Crippen LogP contribution is -1.78. The normalized spacial score (nSPS) is 11.3. The third-order valence-electron chi connectivity index (χ3n) is 2.42. The molecule has 0 aliphatic carbocycles. The van der Waals surface area contributed by atoms with Gasteiger partial charge in [0.1, 0.15) is 0 Å². The molecule has 0 unspecified atom stereocenters. The average molecular weight is 221 g/mol. The van der Waals surface area contributed by atoms with Gasteiger partial charge in [0, 0.05) is 11.6 Å². The van der Waals surface area contributed by atoms with E-state index in [2.05, 4.69) is 9.97 Å². The van der Waals surface area contributed by atoms with Gasteiger partial charge in [-0.05, 0) is 24.3 Å². The molecule has 0 aliphatic heterocycles. The van der Waals surface area contributed by atoms with Crippen molar-refractivity contribution in [3.63, 3.8) is 0 Å². The van der Waals surface area contributed by atoms with E-state index in [0.717, 1.165) is 16.4 Å². The highest BCUT2D eigenvalue weighted by molar-refractivity contribution is 6.31. The van der Waals surface area contributed by atoms with Gasteiger partial charge in [-0.1, -0.05) is 11.6 Å². The SMILES string of the molecule is Fc1c(Cl)ccc2c1[nH]c1cccnc12. The molecule has 0 radical (unpaired) electrons. The maximum Gasteiger partial charge on any atom is 0.165 e. The predicted molar refractivity (Wildman–Crippen MR) is 58.6 cm³/mol. The molecule has 0 fully saturated rings. The molecule has 0 saturated carbocycles. The van der Waals surface area contributed by atoms with Crippen LogP contribution in [0.25, 0.3) is 21.9 Å². The zero-order valence-electron chi connectivity index (χ0n) is 7.59. The second kappa shape index (κ2) is 2.94. The molecule has 1 N–H and O–H groups in total. The van der Waals surface area contributed by atoms with Gasteiger partial charge in [0.05, 0.1) is 21.6 Å². The molecule has 15 heavy (non-hydrogen) atoms. The van der Waals surface area contributed by atoms with Crippen molar-refractivity contribution in [1.29, 1.82) is 0 Å². The van der Waals surface area contributed by atoms with Gasteiger partial charge in [0.15, 0.2) is 5.82 Å². The number of benzene rings is 1. The first kappa shape index (κ1) is 8.68. The Balaban J connectivity index is 2.60. The molecule has 0 spiro atoms. The lowest BCUT2D eigenvalue weighted by molar-refractivity contribution is 0.638. The summed E-state index contributed by atoms with van der Waals surface area (Å²) in [7, 11) is 0. The number of hydrogen-bond acceptors (Lipinski definition) is 1. The van der Waals surface area contributed by atoms with E-state index >= 15 is 0 Å². The van der Waals surface area contributed by atoms with Crippen molar-refractivity contribution in [2.75, 3.05) is 0 Å².